The lowest BCUT2D eigenvalue weighted by Gasteiger charge is -2.11. The van der Waals surface area contributed by atoms with Crippen molar-refractivity contribution in [1.82, 2.24) is 0 Å². The van der Waals surface area contributed by atoms with Crippen molar-refractivity contribution in [3.05, 3.63) is 28.7 Å². The van der Waals surface area contributed by atoms with E-state index < -0.39 is 9.84 Å². The van der Waals surface area contributed by atoms with Gasteiger partial charge in [-0.3, -0.25) is 0 Å². The minimum Gasteiger partial charge on any atom is -0.327 e. The van der Waals surface area contributed by atoms with Crippen LogP contribution in [0.5, 0.6) is 0 Å². The third-order valence-electron chi connectivity index (χ3n) is 2.79. The average Bonchev–Trinajstić information content (AvgIpc) is 3.00. The van der Waals surface area contributed by atoms with Crippen molar-refractivity contribution >= 4 is 25.8 Å². The molecule has 1 atom stereocenters. The summed E-state index contributed by atoms with van der Waals surface area (Å²) < 4.78 is 24.8. The van der Waals surface area contributed by atoms with Gasteiger partial charge in [0.25, 0.3) is 0 Å². The zero-order valence-electron chi connectivity index (χ0n) is 8.77. The maximum absolute atomic E-state index is 12.0. The van der Waals surface area contributed by atoms with Gasteiger partial charge in [0.05, 0.1) is 10.6 Å². The van der Waals surface area contributed by atoms with E-state index in [1.165, 1.54) is 0 Å². The number of hydrogen-bond donors (Lipinski definition) is 1. The van der Waals surface area contributed by atoms with Crippen molar-refractivity contribution in [3.63, 3.8) is 0 Å². The molecule has 3 nitrogen and oxygen atoms in total. The van der Waals surface area contributed by atoms with Crippen molar-refractivity contribution in [1.29, 1.82) is 0 Å². The summed E-state index contributed by atoms with van der Waals surface area (Å²) in [5.74, 6) is 0.454. The molecule has 0 heterocycles. The Morgan fingerprint density at radius 1 is 1.44 bits per heavy atom. The lowest BCUT2D eigenvalue weighted by atomic mass is 10.2. The molecule has 0 aliphatic heterocycles. The lowest BCUT2D eigenvalue weighted by Crippen LogP contribution is -2.31. The largest absolute Gasteiger partial charge is 0.327 e. The Morgan fingerprint density at radius 3 is 2.69 bits per heavy atom. The fourth-order valence-corrected chi connectivity index (χ4v) is 3.79. The van der Waals surface area contributed by atoms with Gasteiger partial charge < -0.3 is 5.73 Å². The summed E-state index contributed by atoms with van der Waals surface area (Å²) in [6.07, 6.45) is 2.13. The monoisotopic (exact) mass is 303 g/mol. The maximum Gasteiger partial charge on any atom is 0.179 e. The molecule has 1 aromatic rings. The molecule has 5 heteroatoms. The maximum atomic E-state index is 12.0. The molecule has 2 N–H and O–H groups in total. The first-order chi connectivity index (χ1) is 7.49. The molecule has 1 fully saturated rings. The first-order valence-corrected chi connectivity index (χ1v) is 7.67. The van der Waals surface area contributed by atoms with Crippen molar-refractivity contribution in [2.75, 3.05) is 5.75 Å². The van der Waals surface area contributed by atoms with E-state index in [9.17, 15) is 8.42 Å². The number of sulfone groups is 1. The van der Waals surface area contributed by atoms with Crippen molar-refractivity contribution < 1.29 is 8.42 Å². The SMILES string of the molecule is NC(CS(=O)(=O)c1cccc(Br)c1)C1CC1. The standard InChI is InChI=1S/C11H14BrNO2S/c12-9-2-1-3-10(6-9)16(14,15)7-11(13)8-4-5-8/h1-3,6,8,11H,4-5,7,13H2. The Labute approximate surface area is 104 Å². The molecule has 88 valence electrons. The molecule has 16 heavy (non-hydrogen) atoms. The number of hydrogen-bond acceptors (Lipinski definition) is 3. The van der Waals surface area contributed by atoms with Gasteiger partial charge in [0.15, 0.2) is 9.84 Å². The first kappa shape index (κ1) is 12.1. The lowest BCUT2D eigenvalue weighted by molar-refractivity contribution is 0.574. The van der Waals surface area contributed by atoms with Gasteiger partial charge in [0.1, 0.15) is 0 Å². The van der Waals surface area contributed by atoms with E-state index in [0.29, 0.717) is 10.8 Å². The fraction of sp³-hybridized carbons (Fsp3) is 0.455. The topological polar surface area (TPSA) is 60.2 Å². The van der Waals surface area contributed by atoms with Gasteiger partial charge in [0.2, 0.25) is 0 Å². The summed E-state index contributed by atoms with van der Waals surface area (Å²) in [5.41, 5.74) is 5.85. The Kier molecular flexibility index (Phi) is 3.37. The van der Waals surface area contributed by atoms with Crippen molar-refractivity contribution in [2.45, 2.75) is 23.8 Å². The quantitative estimate of drug-likeness (QED) is 0.925. The molecule has 1 aliphatic rings. The number of nitrogens with two attached hydrogens (primary N) is 1. The van der Waals surface area contributed by atoms with Gasteiger partial charge in [-0.15, -0.1) is 0 Å². The van der Waals surface area contributed by atoms with Crippen LogP contribution in [0.3, 0.4) is 0 Å². The predicted octanol–water partition coefficient (Wildman–Crippen LogP) is 1.96. The summed E-state index contributed by atoms with van der Waals surface area (Å²) >= 11 is 3.27. The summed E-state index contributed by atoms with van der Waals surface area (Å²) in [5, 5.41) is 0. The van der Waals surface area contributed by atoms with Crippen LogP contribution in [0.15, 0.2) is 33.6 Å². The molecule has 0 radical (unpaired) electrons. The number of rotatable bonds is 4. The first-order valence-electron chi connectivity index (χ1n) is 5.23. The summed E-state index contributed by atoms with van der Waals surface area (Å²) in [7, 11) is -3.24. The number of halogens is 1. The Hall–Kier alpha value is -0.390. The zero-order chi connectivity index (χ0) is 11.8. The van der Waals surface area contributed by atoms with E-state index in [4.69, 9.17) is 5.73 Å². The average molecular weight is 304 g/mol. The fourth-order valence-electron chi connectivity index (χ4n) is 1.67. The van der Waals surface area contributed by atoms with Crippen LogP contribution >= 0.6 is 15.9 Å². The van der Waals surface area contributed by atoms with E-state index in [2.05, 4.69) is 15.9 Å². The Balaban J connectivity index is 2.17. The van der Waals surface area contributed by atoms with E-state index in [0.717, 1.165) is 17.3 Å². The van der Waals surface area contributed by atoms with Gasteiger partial charge >= 0.3 is 0 Å². The zero-order valence-corrected chi connectivity index (χ0v) is 11.2. The Morgan fingerprint density at radius 2 is 2.12 bits per heavy atom. The van der Waals surface area contributed by atoms with Crippen molar-refractivity contribution in [2.24, 2.45) is 11.7 Å². The highest BCUT2D eigenvalue weighted by atomic mass is 79.9. The molecule has 0 amide bonds. The van der Waals surface area contributed by atoms with Gasteiger partial charge in [-0.25, -0.2) is 8.42 Å². The van der Waals surface area contributed by atoms with Crippen molar-refractivity contribution in [3.8, 4) is 0 Å². The van der Waals surface area contributed by atoms with Crippen LogP contribution < -0.4 is 5.73 Å². The molecule has 0 bridgehead atoms. The van der Waals surface area contributed by atoms with E-state index in [1.807, 2.05) is 0 Å². The third kappa shape index (κ3) is 2.84. The molecule has 1 aliphatic carbocycles. The van der Waals surface area contributed by atoms with Gasteiger partial charge in [-0.05, 0) is 37.0 Å². The van der Waals surface area contributed by atoms with E-state index >= 15 is 0 Å². The normalized spacial score (nSPS) is 18.4. The Bertz CT molecular complexity index is 483. The molecule has 0 saturated heterocycles. The summed E-state index contributed by atoms with van der Waals surface area (Å²) in [4.78, 5) is 0.345. The number of benzene rings is 1. The summed E-state index contributed by atoms with van der Waals surface area (Å²) in [6.45, 7) is 0. The van der Waals surface area contributed by atoms with Crippen LogP contribution in [0.2, 0.25) is 0 Å². The summed E-state index contributed by atoms with van der Waals surface area (Å²) in [6, 6.07) is 6.54. The second-order valence-corrected chi connectivity index (χ2v) is 7.19. The van der Waals surface area contributed by atoms with Crippen LogP contribution in [-0.4, -0.2) is 20.2 Å². The molecule has 2 rings (SSSR count). The van der Waals surface area contributed by atoms with E-state index in [-0.39, 0.29) is 11.8 Å². The van der Waals surface area contributed by atoms with Crippen LogP contribution in [-0.2, 0) is 9.84 Å². The van der Waals surface area contributed by atoms with Gasteiger partial charge in [-0.1, -0.05) is 22.0 Å². The predicted molar refractivity (Wildman–Crippen MR) is 66.9 cm³/mol. The third-order valence-corrected chi connectivity index (χ3v) is 5.08. The van der Waals surface area contributed by atoms with Crippen LogP contribution in [0.4, 0.5) is 0 Å². The molecule has 1 unspecified atom stereocenters. The minimum atomic E-state index is -3.24. The second kappa shape index (κ2) is 4.47. The van der Waals surface area contributed by atoms with E-state index in [1.54, 1.807) is 24.3 Å². The minimum absolute atomic E-state index is 0.0497. The van der Waals surface area contributed by atoms with Crippen LogP contribution in [0, 0.1) is 5.92 Å². The van der Waals surface area contributed by atoms with Gasteiger partial charge in [0, 0.05) is 10.5 Å². The highest BCUT2D eigenvalue weighted by molar-refractivity contribution is 9.10. The van der Waals surface area contributed by atoms with Crippen LogP contribution in [0.1, 0.15) is 12.8 Å². The second-order valence-electron chi connectivity index (χ2n) is 4.24. The molecule has 1 saturated carbocycles. The molecular weight excluding hydrogens is 290 g/mol. The van der Waals surface area contributed by atoms with Crippen LogP contribution in [0.25, 0.3) is 0 Å². The molecular formula is C11H14BrNO2S. The highest BCUT2D eigenvalue weighted by Gasteiger charge is 2.32. The van der Waals surface area contributed by atoms with Gasteiger partial charge in [-0.2, -0.15) is 0 Å². The molecule has 0 spiro atoms. The molecule has 0 aromatic heterocycles. The smallest absolute Gasteiger partial charge is 0.179 e. The molecule has 1 aromatic carbocycles. The highest BCUT2D eigenvalue weighted by Crippen LogP contribution is 2.32.